The molecule has 0 amide bonds. The Morgan fingerprint density at radius 3 is 1.26 bits per heavy atom. The third-order valence-corrected chi connectivity index (χ3v) is 18.3. The summed E-state index contributed by atoms with van der Waals surface area (Å²) in [5.41, 5.74) is 7.58. The van der Waals surface area contributed by atoms with E-state index in [2.05, 4.69) is 214 Å². The van der Waals surface area contributed by atoms with Crippen molar-refractivity contribution in [1.82, 2.24) is 0 Å². The fraction of sp³-hybridized carbons (Fsp3) is 0.102. The van der Waals surface area contributed by atoms with Gasteiger partial charge in [0.1, 0.15) is 0 Å². The van der Waals surface area contributed by atoms with E-state index in [1.807, 2.05) is 0 Å². The summed E-state index contributed by atoms with van der Waals surface area (Å²) in [5, 5.41) is 13.4. The third kappa shape index (κ3) is 5.64. The van der Waals surface area contributed by atoms with E-state index in [1.165, 1.54) is 87.2 Å². The van der Waals surface area contributed by atoms with Crippen molar-refractivity contribution in [2.75, 3.05) is 30.6 Å². The average molecular weight is 723 g/mol. The second-order valence-electron chi connectivity index (χ2n) is 14.7. The number of aryl methyl sites for hydroxylation is 2. The number of hydrogen-bond acceptors (Lipinski definition) is 2. The van der Waals surface area contributed by atoms with E-state index in [0.717, 1.165) is 0 Å². The van der Waals surface area contributed by atoms with Gasteiger partial charge in [0.2, 0.25) is 0 Å². The van der Waals surface area contributed by atoms with Crippen molar-refractivity contribution in [1.29, 1.82) is 0 Å². The van der Waals surface area contributed by atoms with Crippen LogP contribution in [0.1, 0.15) is 11.1 Å². The Balaban J connectivity index is 1.50. The Hall–Kier alpha value is -5.26. The summed E-state index contributed by atoms with van der Waals surface area (Å²) < 4.78 is 0. The molecule has 53 heavy (non-hydrogen) atoms. The Morgan fingerprint density at radius 2 is 0.811 bits per heavy atom. The first-order valence-corrected chi connectivity index (χ1v) is 22.3. The van der Waals surface area contributed by atoms with Gasteiger partial charge in [0.25, 0.3) is 0 Å². The van der Waals surface area contributed by atoms with Crippen molar-refractivity contribution in [2.45, 2.75) is 13.8 Å². The van der Waals surface area contributed by atoms with Gasteiger partial charge < -0.3 is 0 Å². The van der Waals surface area contributed by atoms with E-state index in [-0.39, 0.29) is 0 Å². The van der Waals surface area contributed by atoms with Crippen LogP contribution < -0.4 is 41.6 Å². The Kier molecular flexibility index (Phi) is 8.42. The second-order valence-corrected chi connectivity index (χ2v) is 20.8. The molecule has 8 aromatic rings. The topological polar surface area (TPSA) is 6.48 Å². The molecule has 8 aromatic carbocycles. The van der Waals surface area contributed by atoms with E-state index >= 15 is 0 Å². The number of anilines is 4. The Labute approximate surface area is 315 Å². The molecule has 9 rings (SSSR count). The van der Waals surface area contributed by atoms with E-state index in [4.69, 9.17) is 0 Å². The summed E-state index contributed by atoms with van der Waals surface area (Å²) in [7, 11) is 0.868. The standard InChI is InChI=1S/C49H44N2P2/c1-34-24-26-42-46(28-34)52(40-20-8-6-9-21-40)47-29-35(2)25-27-43(47)51(4)45-31-37-17-13-15-19-39(37)33-49(45)53(5,41-22-10-7-11-23-41)48-32-38-18-14-12-16-36(38)30-44(48)50(42)3/h6-33,53H,1-5H3. The van der Waals surface area contributed by atoms with Crippen molar-refractivity contribution in [3.63, 3.8) is 0 Å². The van der Waals surface area contributed by atoms with Crippen LogP contribution >= 0.6 is 15.2 Å². The van der Waals surface area contributed by atoms with Crippen LogP contribution in [0.15, 0.2) is 170 Å². The normalized spacial score (nSPS) is 15.8. The molecule has 0 saturated carbocycles. The second kappa shape index (κ2) is 13.3. The van der Waals surface area contributed by atoms with Crippen molar-refractivity contribution < 1.29 is 0 Å². The maximum atomic E-state index is 2.58. The van der Waals surface area contributed by atoms with Crippen LogP contribution in [-0.2, 0) is 0 Å². The van der Waals surface area contributed by atoms with E-state index < -0.39 is 15.2 Å². The van der Waals surface area contributed by atoms with Crippen LogP contribution in [0.25, 0.3) is 21.5 Å². The molecular formula is C49H44N2P2. The van der Waals surface area contributed by atoms with Gasteiger partial charge in [-0.1, -0.05) is 0 Å². The summed E-state index contributed by atoms with van der Waals surface area (Å²) >= 11 is 0. The molecule has 0 saturated heterocycles. The number of benzene rings is 8. The fourth-order valence-electron chi connectivity index (χ4n) is 8.48. The van der Waals surface area contributed by atoms with E-state index in [0.29, 0.717) is 0 Å². The van der Waals surface area contributed by atoms with Crippen LogP contribution in [0.3, 0.4) is 0 Å². The van der Waals surface area contributed by atoms with Crippen LogP contribution in [-0.4, -0.2) is 20.8 Å². The molecule has 2 nitrogen and oxygen atoms in total. The molecule has 0 aromatic heterocycles. The first kappa shape index (κ1) is 33.6. The zero-order valence-electron chi connectivity index (χ0n) is 31.0. The maximum absolute atomic E-state index is 2.77. The minimum absolute atomic E-state index is 0.965. The number of fused-ring (bicyclic) bond motifs is 6. The van der Waals surface area contributed by atoms with Gasteiger partial charge in [0, 0.05) is 0 Å². The molecule has 1 aliphatic heterocycles. The monoisotopic (exact) mass is 722 g/mol. The van der Waals surface area contributed by atoms with Crippen molar-refractivity contribution in [3.05, 3.63) is 181 Å². The predicted molar refractivity (Wildman–Crippen MR) is 238 cm³/mol. The predicted octanol–water partition coefficient (Wildman–Crippen LogP) is 9.87. The molecule has 0 atom stereocenters. The van der Waals surface area contributed by atoms with Crippen LogP contribution in [0.5, 0.6) is 0 Å². The van der Waals surface area contributed by atoms with Crippen LogP contribution in [0, 0.1) is 13.8 Å². The van der Waals surface area contributed by atoms with Gasteiger partial charge in [0.15, 0.2) is 0 Å². The first-order chi connectivity index (χ1) is 25.8. The molecular weight excluding hydrogens is 679 g/mol. The Bertz CT molecular complexity index is 2510. The molecule has 260 valence electrons. The van der Waals surface area contributed by atoms with Crippen LogP contribution in [0.2, 0.25) is 0 Å². The summed E-state index contributed by atoms with van der Waals surface area (Å²) in [5.74, 6) is 0. The minimum atomic E-state index is -2.77. The molecule has 0 fully saturated rings. The quantitative estimate of drug-likeness (QED) is 0.164. The van der Waals surface area contributed by atoms with Gasteiger partial charge in [-0.3, -0.25) is 0 Å². The van der Waals surface area contributed by atoms with Gasteiger partial charge >= 0.3 is 317 Å². The third-order valence-electron chi connectivity index (χ3n) is 11.4. The number of hydrogen-bond donors (Lipinski definition) is 0. The van der Waals surface area contributed by atoms with Gasteiger partial charge in [-0.05, 0) is 0 Å². The van der Waals surface area contributed by atoms with Crippen LogP contribution in [0.4, 0.5) is 22.7 Å². The molecule has 0 aliphatic carbocycles. The van der Waals surface area contributed by atoms with Crippen molar-refractivity contribution in [3.8, 4) is 0 Å². The van der Waals surface area contributed by atoms with E-state index in [1.54, 1.807) is 0 Å². The van der Waals surface area contributed by atoms with Crippen molar-refractivity contribution >= 4 is 91.3 Å². The average Bonchev–Trinajstić information content (AvgIpc) is 3.20. The van der Waals surface area contributed by atoms with Gasteiger partial charge in [-0.2, -0.15) is 0 Å². The fourth-order valence-corrected chi connectivity index (χ4v) is 15.5. The molecule has 0 bridgehead atoms. The molecule has 0 unspecified atom stereocenters. The summed E-state index contributed by atoms with van der Waals surface area (Å²) in [4.78, 5) is 5.04. The molecule has 0 N–H and O–H groups in total. The van der Waals surface area contributed by atoms with Gasteiger partial charge in [0.05, 0.1) is 0 Å². The zero-order valence-corrected chi connectivity index (χ0v) is 32.9. The first-order valence-electron chi connectivity index (χ1n) is 18.5. The summed E-state index contributed by atoms with van der Waals surface area (Å²) in [6, 6.07) is 64.5. The Morgan fingerprint density at radius 1 is 0.415 bits per heavy atom. The van der Waals surface area contributed by atoms with Gasteiger partial charge in [-0.15, -0.1) is 0 Å². The molecule has 0 radical (unpaired) electrons. The van der Waals surface area contributed by atoms with Crippen molar-refractivity contribution in [2.24, 2.45) is 0 Å². The number of nitrogens with zero attached hydrogens (tertiary/aromatic N) is 2. The molecule has 0 spiro atoms. The number of rotatable bonds is 2. The summed E-state index contributed by atoms with van der Waals surface area (Å²) in [6.07, 6.45) is 0. The zero-order chi connectivity index (χ0) is 36.3. The SMILES string of the molecule is Cc1ccc2c(c1)P(c1ccccc1)c1cc(C)ccc1N(C)c1cc3ccccc3cc1[PH](C)(c1ccccc1)c1cc3ccccc3cc1N2C. The van der Waals surface area contributed by atoms with Gasteiger partial charge in [-0.25, -0.2) is 0 Å². The molecule has 1 heterocycles. The summed E-state index contributed by atoms with van der Waals surface area (Å²) in [6.45, 7) is 7.06. The molecule has 4 heteroatoms. The van der Waals surface area contributed by atoms with E-state index in [9.17, 15) is 0 Å². The molecule has 1 aliphatic rings.